The van der Waals surface area contributed by atoms with E-state index in [1.54, 1.807) is 0 Å². The second kappa shape index (κ2) is 4.08. The van der Waals surface area contributed by atoms with Gasteiger partial charge in [-0.3, -0.25) is 0 Å². The summed E-state index contributed by atoms with van der Waals surface area (Å²) in [6, 6.07) is 0. The van der Waals surface area contributed by atoms with E-state index in [2.05, 4.69) is 10.1 Å². The number of unbranched alkanes of at least 4 members (excludes halogenated alkanes) is 1. The van der Waals surface area contributed by atoms with Crippen molar-refractivity contribution in [3.63, 3.8) is 0 Å². The first-order chi connectivity index (χ1) is 5.33. The highest BCUT2D eigenvalue weighted by Crippen LogP contribution is 2.00. The van der Waals surface area contributed by atoms with Crippen LogP contribution >= 0.6 is 0 Å². The van der Waals surface area contributed by atoms with Crippen molar-refractivity contribution in [2.45, 2.75) is 26.2 Å². The van der Waals surface area contributed by atoms with E-state index in [1.807, 2.05) is 6.92 Å². The van der Waals surface area contributed by atoms with Crippen LogP contribution in [-0.4, -0.2) is 16.7 Å². The minimum absolute atomic E-state index is 0.702. The minimum atomic E-state index is 0.702. The molecule has 0 amide bonds. The molecule has 0 saturated heterocycles. The number of nitrogens with two attached hydrogens (primary N) is 1. The Kier molecular flexibility index (Phi) is 3.04. The second-order valence-electron chi connectivity index (χ2n) is 2.48. The largest absolute Gasteiger partial charge is 0.339 e. The molecule has 4 heteroatoms. The van der Waals surface area contributed by atoms with Gasteiger partial charge in [-0.15, -0.1) is 0 Å². The predicted octanol–water partition coefficient (Wildman–Crippen LogP) is 0.659. The Morgan fingerprint density at radius 3 is 2.82 bits per heavy atom. The van der Waals surface area contributed by atoms with E-state index in [9.17, 15) is 0 Å². The highest BCUT2D eigenvalue weighted by atomic mass is 16.5. The van der Waals surface area contributed by atoms with Crippen LogP contribution < -0.4 is 5.73 Å². The zero-order chi connectivity index (χ0) is 8.10. The summed E-state index contributed by atoms with van der Waals surface area (Å²) in [5, 5.41) is 3.68. The first-order valence-corrected chi connectivity index (χ1v) is 3.82. The Morgan fingerprint density at radius 1 is 1.45 bits per heavy atom. The number of hydrogen-bond donors (Lipinski definition) is 1. The summed E-state index contributed by atoms with van der Waals surface area (Å²) < 4.78 is 4.91. The molecule has 4 nitrogen and oxygen atoms in total. The van der Waals surface area contributed by atoms with Crippen LogP contribution in [0, 0.1) is 6.92 Å². The molecule has 2 N–H and O–H groups in total. The molecule has 0 unspecified atom stereocenters. The van der Waals surface area contributed by atoms with Crippen LogP contribution in [0.5, 0.6) is 0 Å². The van der Waals surface area contributed by atoms with Gasteiger partial charge in [0, 0.05) is 6.42 Å². The minimum Gasteiger partial charge on any atom is -0.339 e. The van der Waals surface area contributed by atoms with Gasteiger partial charge in [-0.2, -0.15) is 4.98 Å². The highest BCUT2D eigenvalue weighted by molar-refractivity contribution is 4.82. The van der Waals surface area contributed by atoms with Crippen LogP contribution in [0.1, 0.15) is 24.6 Å². The van der Waals surface area contributed by atoms with Crippen LogP contribution in [0.4, 0.5) is 0 Å². The fraction of sp³-hybridized carbons (Fsp3) is 0.714. The third-order valence-corrected chi connectivity index (χ3v) is 1.41. The van der Waals surface area contributed by atoms with E-state index in [4.69, 9.17) is 10.3 Å². The monoisotopic (exact) mass is 155 g/mol. The molecular formula is C7H13N3O. The van der Waals surface area contributed by atoms with Gasteiger partial charge in [0.1, 0.15) is 0 Å². The Labute approximate surface area is 65.8 Å². The molecule has 0 aliphatic heterocycles. The molecule has 1 rings (SSSR count). The Hall–Kier alpha value is -0.900. The van der Waals surface area contributed by atoms with E-state index in [-0.39, 0.29) is 0 Å². The third-order valence-electron chi connectivity index (χ3n) is 1.41. The lowest BCUT2D eigenvalue weighted by Gasteiger charge is -1.91. The number of aryl methyl sites for hydroxylation is 2. The van der Waals surface area contributed by atoms with Gasteiger partial charge in [0.2, 0.25) is 5.89 Å². The van der Waals surface area contributed by atoms with Crippen LogP contribution in [-0.2, 0) is 6.42 Å². The fourth-order valence-electron chi connectivity index (χ4n) is 0.862. The average molecular weight is 155 g/mol. The van der Waals surface area contributed by atoms with Crippen molar-refractivity contribution in [3.05, 3.63) is 11.7 Å². The quantitative estimate of drug-likeness (QED) is 0.649. The Morgan fingerprint density at radius 2 is 2.27 bits per heavy atom. The summed E-state index contributed by atoms with van der Waals surface area (Å²) in [5.41, 5.74) is 5.33. The normalized spacial score (nSPS) is 10.4. The van der Waals surface area contributed by atoms with Gasteiger partial charge < -0.3 is 10.3 Å². The first kappa shape index (κ1) is 8.20. The van der Waals surface area contributed by atoms with Crippen molar-refractivity contribution in [1.29, 1.82) is 0 Å². The molecule has 0 spiro atoms. The van der Waals surface area contributed by atoms with Crippen LogP contribution in [0.3, 0.4) is 0 Å². The van der Waals surface area contributed by atoms with Gasteiger partial charge in [-0.05, 0) is 26.3 Å². The number of hydrogen-bond acceptors (Lipinski definition) is 4. The summed E-state index contributed by atoms with van der Waals surface area (Å²) >= 11 is 0. The van der Waals surface area contributed by atoms with Crippen LogP contribution in [0.25, 0.3) is 0 Å². The summed E-state index contributed by atoms with van der Waals surface area (Å²) in [5.74, 6) is 1.42. The molecule has 0 aliphatic rings. The van der Waals surface area contributed by atoms with E-state index in [0.29, 0.717) is 5.82 Å². The van der Waals surface area contributed by atoms with Crippen molar-refractivity contribution in [2.75, 3.05) is 6.54 Å². The number of rotatable bonds is 4. The molecule has 0 bridgehead atoms. The zero-order valence-electron chi connectivity index (χ0n) is 6.71. The number of aromatic nitrogens is 2. The first-order valence-electron chi connectivity index (χ1n) is 3.82. The lowest BCUT2D eigenvalue weighted by Crippen LogP contribution is -1.99. The molecule has 1 aromatic heterocycles. The average Bonchev–Trinajstić information content (AvgIpc) is 2.37. The summed E-state index contributed by atoms with van der Waals surface area (Å²) in [4.78, 5) is 4.06. The molecule has 1 aromatic rings. The highest BCUT2D eigenvalue weighted by Gasteiger charge is 2.00. The van der Waals surface area contributed by atoms with Crippen molar-refractivity contribution in [3.8, 4) is 0 Å². The van der Waals surface area contributed by atoms with Gasteiger partial charge in [0.25, 0.3) is 0 Å². The SMILES string of the molecule is Cc1noc(CCCCN)n1. The summed E-state index contributed by atoms with van der Waals surface area (Å²) in [6.45, 7) is 2.54. The Bertz CT molecular complexity index is 209. The van der Waals surface area contributed by atoms with E-state index in [1.165, 1.54) is 0 Å². The topological polar surface area (TPSA) is 64.9 Å². The molecule has 11 heavy (non-hydrogen) atoms. The van der Waals surface area contributed by atoms with Crippen molar-refractivity contribution < 1.29 is 4.52 Å². The van der Waals surface area contributed by atoms with Gasteiger partial charge in [-0.25, -0.2) is 0 Å². The maximum absolute atomic E-state index is 5.33. The number of nitrogens with zero attached hydrogens (tertiary/aromatic N) is 2. The van der Waals surface area contributed by atoms with Crippen molar-refractivity contribution in [1.82, 2.24) is 10.1 Å². The van der Waals surface area contributed by atoms with Gasteiger partial charge in [0.15, 0.2) is 5.82 Å². The molecule has 0 aromatic carbocycles. The second-order valence-corrected chi connectivity index (χ2v) is 2.48. The predicted molar refractivity (Wildman–Crippen MR) is 41.0 cm³/mol. The summed E-state index contributed by atoms with van der Waals surface area (Å²) in [6.07, 6.45) is 2.89. The van der Waals surface area contributed by atoms with Gasteiger partial charge in [-0.1, -0.05) is 5.16 Å². The molecule has 0 saturated carbocycles. The van der Waals surface area contributed by atoms with E-state index >= 15 is 0 Å². The van der Waals surface area contributed by atoms with Gasteiger partial charge >= 0.3 is 0 Å². The molecule has 1 heterocycles. The van der Waals surface area contributed by atoms with Crippen molar-refractivity contribution in [2.24, 2.45) is 5.73 Å². The standard InChI is InChI=1S/C7H13N3O/c1-6-9-7(11-10-6)4-2-3-5-8/h2-5,8H2,1H3. The van der Waals surface area contributed by atoms with Crippen molar-refractivity contribution >= 4 is 0 Å². The fourth-order valence-corrected chi connectivity index (χ4v) is 0.862. The molecule has 0 radical (unpaired) electrons. The zero-order valence-corrected chi connectivity index (χ0v) is 6.71. The van der Waals surface area contributed by atoms with Crippen LogP contribution in [0.2, 0.25) is 0 Å². The Balaban J connectivity index is 2.27. The maximum atomic E-state index is 5.33. The molecule has 0 fully saturated rings. The maximum Gasteiger partial charge on any atom is 0.226 e. The molecular weight excluding hydrogens is 142 g/mol. The molecule has 62 valence electrons. The van der Waals surface area contributed by atoms with E-state index in [0.717, 1.165) is 31.7 Å². The van der Waals surface area contributed by atoms with Crippen LogP contribution in [0.15, 0.2) is 4.52 Å². The molecule has 0 aliphatic carbocycles. The van der Waals surface area contributed by atoms with E-state index < -0.39 is 0 Å². The lowest BCUT2D eigenvalue weighted by atomic mass is 10.2. The van der Waals surface area contributed by atoms with Gasteiger partial charge in [0.05, 0.1) is 0 Å². The summed E-state index contributed by atoms with van der Waals surface area (Å²) in [7, 11) is 0. The smallest absolute Gasteiger partial charge is 0.226 e. The molecule has 0 atom stereocenters. The third kappa shape index (κ3) is 2.67. The lowest BCUT2D eigenvalue weighted by molar-refractivity contribution is 0.371.